The van der Waals surface area contributed by atoms with Crippen molar-refractivity contribution in [3.8, 4) is 0 Å². The molecular weight excluding hydrogens is 247 g/mol. The van der Waals surface area contributed by atoms with Gasteiger partial charge in [-0.25, -0.2) is 0 Å². The van der Waals surface area contributed by atoms with Crippen LogP contribution in [0.15, 0.2) is 0 Å². The summed E-state index contributed by atoms with van der Waals surface area (Å²) in [5.74, 6) is -0.667. The first-order chi connectivity index (χ1) is 8.38. The lowest BCUT2D eigenvalue weighted by Gasteiger charge is -2.29. The van der Waals surface area contributed by atoms with Crippen LogP contribution in [0.5, 0.6) is 0 Å². The van der Waals surface area contributed by atoms with E-state index in [1.807, 2.05) is 0 Å². The Kier molecular flexibility index (Phi) is 3.84. The molecule has 0 heterocycles. The van der Waals surface area contributed by atoms with Crippen molar-refractivity contribution in [2.75, 3.05) is 6.54 Å². The summed E-state index contributed by atoms with van der Waals surface area (Å²) >= 11 is 0. The predicted molar refractivity (Wildman–Crippen MR) is 59.0 cm³/mol. The van der Waals surface area contributed by atoms with Crippen molar-refractivity contribution >= 4 is 5.97 Å². The van der Waals surface area contributed by atoms with Crippen molar-refractivity contribution in [2.24, 2.45) is 17.8 Å². The first-order valence-corrected chi connectivity index (χ1v) is 6.41. The SMILES string of the molecule is O=C(O)C1C2CCC(C2)C1NCCCC(F)(F)F. The summed E-state index contributed by atoms with van der Waals surface area (Å²) in [4.78, 5) is 11.2. The van der Waals surface area contributed by atoms with E-state index in [4.69, 9.17) is 0 Å². The van der Waals surface area contributed by atoms with Crippen LogP contribution in [0.25, 0.3) is 0 Å². The van der Waals surface area contributed by atoms with Gasteiger partial charge < -0.3 is 10.4 Å². The van der Waals surface area contributed by atoms with E-state index in [-0.39, 0.29) is 24.9 Å². The molecule has 4 unspecified atom stereocenters. The van der Waals surface area contributed by atoms with Crippen molar-refractivity contribution < 1.29 is 23.1 Å². The van der Waals surface area contributed by atoms with E-state index in [0.717, 1.165) is 19.3 Å². The molecule has 0 aliphatic heterocycles. The predicted octanol–water partition coefficient (Wildman–Crippen LogP) is 2.42. The van der Waals surface area contributed by atoms with Crippen LogP contribution < -0.4 is 5.32 Å². The maximum absolute atomic E-state index is 12.0. The van der Waals surface area contributed by atoms with Gasteiger partial charge >= 0.3 is 12.1 Å². The van der Waals surface area contributed by atoms with Crippen molar-refractivity contribution in [1.82, 2.24) is 5.32 Å². The van der Waals surface area contributed by atoms with Gasteiger partial charge in [-0.3, -0.25) is 4.79 Å². The molecule has 0 aromatic carbocycles. The van der Waals surface area contributed by atoms with E-state index in [1.165, 1.54) is 0 Å². The zero-order chi connectivity index (χ0) is 13.3. The second-order valence-electron chi connectivity index (χ2n) is 5.40. The van der Waals surface area contributed by atoms with Gasteiger partial charge in [-0.05, 0) is 44.1 Å². The fourth-order valence-corrected chi connectivity index (χ4v) is 3.50. The summed E-state index contributed by atoms with van der Waals surface area (Å²) < 4.78 is 36.0. The topological polar surface area (TPSA) is 49.3 Å². The van der Waals surface area contributed by atoms with E-state index in [1.54, 1.807) is 0 Å². The monoisotopic (exact) mass is 265 g/mol. The minimum Gasteiger partial charge on any atom is -0.481 e. The highest BCUT2D eigenvalue weighted by Crippen LogP contribution is 2.48. The maximum Gasteiger partial charge on any atom is 0.389 e. The molecule has 0 saturated heterocycles. The zero-order valence-electron chi connectivity index (χ0n) is 10.0. The average molecular weight is 265 g/mol. The quantitative estimate of drug-likeness (QED) is 0.750. The van der Waals surface area contributed by atoms with Gasteiger partial charge in [0.1, 0.15) is 0 Å². The highest BCUT2D eigenvalue weighted by atomic mass is 19.4. The Hall–Kier alpha value is -0.780. The number of hydrogen-bond donors (Lipinski definition) is 2. The molecule has 18 heavy (non-hydrogen) atoms. The Morgan fingerprint density at radius 3 is 2.56 bits per heavy atom. The molecule has 2 saturated carbocycles. The van der Waals surface area contributed by atoms with Gasteiger partial charge in [-0.2, -0.15) is 13.2 Å². The Balaban J connectivity index is 1.80. The number of carboxylic acids is 1. The second-order valence-corrected chi connectivity index (χ2v) is 5.40. The first-order valence-electron chi connectivity index (χ1n) is 6.41. The number of carboxylic acid groups (broad SMARTS) is 1. The molecule has 2 aliphatic rings. The maximum atomic E-state index is 12.0. The number of carbonyl (C=O) groups is 1. The standard InChI is InChI=1S/C12H18F3NO2/c13-12(14,15)4-1-5-16-10-8-3-2-7(6-8)9(10)11(17)18/h7-10,16H,1-6H2,(H,17,18). The van der Waals surface area contributed by atoms with E-state index in [0.29, 0.717) is 5.92 Å². The average Bonchev–Trinajstić information content (AvgIpc) is 2.82. The fourth-order valence-electron chi connectivity index (χ4n) is 3.50. The van der Waals surface area contributed by atoms with Gasteiger partial charge in [-0.15, -0.1) is 0 Å². The van der Waals surface area contributed by atoms with Crippen LogP contribution in [0.2, 0.25) is 0 Å². The smallest absolute Gasteiger partial charge is 0.389 e. The van der Waals surface area contributed by atoms with E-state index in [2.05, 4.69) is 5.32 Å². The largest absolute Gasteiger partial charge is 0.481 e. The second kappa shape index (κ2) is 5.07. The molecule has 2 aliphatic carbocycles. The Morgan fingerprint density at radius 2 is 1.94 bits per heavy atom. The van der Waals surface area contributed by atoms with Crippen LogP contribution in [0.3, 0.4) is 0 Å². The Morgan fingerprint density at radius 1 is 1.28 bits per heavy atom. The molecule has 3 nitrogen and oxygen atoms in total. The van der Waals surface area contributed by atoms with Crippen LogP contribution in [0.4, 0.5) is 13.2 Å². The highest BCUT2D eigenvalue weighted by Gasteiger charge is 2.50. The van der Waals surface area contributed by atoms with Gasteiger partial charge in [0.15, 0.2) is 0 Å². The first kappa shape index (κ1) is 13.6. The molecule has 2 bridgehead atoms. The van der Waals surface area contributed by atoms with Crippen LogP contribution in [-0.2, 0) is 4.79 Å². The third-order valence-electron chi connectivity index (χ3n) is 4.22. The Labute approximate surface area is 104 Å². The molecule has 0 spiro atoms. The molecule has 0 aromatic heterocycles. The summed E-state index contributed by atoms with van der Waals surface area (Å²) in [6.45, 7) is 0.247. The van der Waals surface area contributed by atoms with Gasteiger partial charge in [-0.1, -0.05) is 0 Å². The lowest BCUT2D eigenvalue weighted by molar-refractivity contribution is -0.145. The molecule has 2 rings (SSSR count). The lowest BCUT2D eigenvalue weighted by Crippen LogP contribution is -2.44. The normalized spacial score (nSPS) is 35.1. The summed E-state index contributed by atoms with van der Waals surface area (Å²) in [7, 11) is 0. The molecule has 2 fully saturated rings. The summed E-state index contributed by atoms with van der Waals surface area (Å²) in [5.41, 5.74) is 0. The number of alkyl halides is 3. The molecule has 0 radical (unpaired) electrons. The van der Waals surface area contributed by atoms with Crippen LogP contribution in [-0.4, -0.2) is 29.8 Å². The van der Waals surface area contributed by atoms with E-state index >= 15 is 0 Å². The van der Waals surface area contributed by atoms with Crippen molar-refractivity contribution in [1.29, 1.82) is 0 Å². The molecule has 6 heteroatoms. The van der Waals surface area contributed by atoms with Gasteiger partial charge in [0.25, 0.3) is 0 Å². The minimum absolute atomic E-state index is 0.0176. The third-order valence-corrected chi connectivity index (χ3v) is 4.22. The summed E-state index contributed by atoms with van der Waals surface area (Å²) in [5, 5.41) is 12.2. The molecular formula is C12H18F3NO2. The van der Waals surface area contributed by atoms with Crippen LogP contribution in [0, 0.1) is 17.8 Å². The highest BCUT2D eigenvalue weighted by molar-refractivity contribution is 5.72. The van der Waals surface area contributed by atoms with E-state index in [9.17, 15) is 23.1 Å². The summed E-state index contributed by atoms with van der Waals surface area (Å²) in [6, 6.07) is -0.130. The number of nitrogens with one attached hydrogen (secondary N) is 1. The summed E-state index contributed by atoms with van der Waals surface area (Å²) in [6.07, 6.45) is -2.05. The number of rotatable bonds is 5. The lowest BCUT2D eigenvalue weighted by atomic mass is 9.84. The van der Waals surface area contributed by atoms with Gasteiger partial charge in [0.05, 0.1) is 5.92 Å². The Bertz CT molecular complexity index is 319. The van der Waals surface area contributed by atoms with Crippen LogP contribution >= 0.6 is 0 Å². The third kappa shape index (κ3) is 2.96. The molecule has 2 N–H and O–H groups in total. The molecule has 104 valence electrons. The van der Waals surface area contributed by atoms with Crippen molar-refractivity contribution in [2.45, 2.75) is 44.3 Å². The molecule has 0 amide bonds. The van der Waals surface area contributed by atoms with E-state index < -0.39 is 24.5 Å². The van der Waals surface area contributed by atoms with Crippen molar-refractivity contribution in [3.63, 3.8) is 0 Å². The number of hydrogen-bond acceptors (Lipinski definition) is 2. The van der Waals surface area contributed by atoms with Gasteiger partial charge in [0, 0.05) is 12.5 Å². The zero-order valence-corrected chi connectivity index (χ0v) is 10.0. The molecule has 4 atom stereocenters. The van der Waals surface area contributed by atoms with Crippen LogP contribution in [0.1, 0.15) is 32.1 Å². The fraction of sp³-hybridized carbons (Fsp3) is 0.917. The van der Waals surface area contributed by atoms with Crippen molar-refractivity contribution in [3.05, 3.63) is 0 Å². The number of halogens is 3. The minimum atomic E-state index is -4.12. The number of fused-ring (bicyclic) bond motifs is 2. The van der Waals surface area contributed by atoms with Gasteiger partial charge in [0.2, 0.25) is 0 Å². The molecule has 0 aromatic rings. The number of aliphatic carboxylic acids is 1.